The van der Waals surface area contributed by atoms with E-state index >= 15 is 0 Å². The van der Waals surface area contributed by atoms with Crippen molar-refractivity contribution in [1.29, 1.82) is 0 Å². The molecule has 2 aromatic rings. The van der Waals surface area contributed by atoms with Crippen molar-refractivity contribution in [3.8, 4) is 0 Å². The Morgan fingerprint density at radius 2 is 1.66 bits per heavy atom. The second-order valence-corrected chi connectivity index (χ2v) is 9.47. The van der Waals surface area contributed by atoms with Crippen molar-refractivity contribution in [1.82, 2.24) is 14.9 Å². The number of carbonyl (C=O) groups excluding carboxylic acids is 3. The summed E-state index contributed by atoms with van der Waals surface area (Å²) in [5, 5.41) is 2.74. The smallest absolute Gasteiger partial charge is 0.253 e. The molecule has 9 heteroatoms. The molecule has 2 aromatic carbocycles. The SMILES string of the molecule is CC(=O)c1ccc(S(=O)(=O)NCCC(=O)NCc2cccc(C(=O)N3CCCC3)c2)cc1. The summed E-state index contributed by atoms with van der Waals surface area (Å²) in [4.78, 5) is 37.8. The van der Waals surface area contributed by atoms with E-state index in [0.717, 1.165) is 31.5 Å². The number of benzene rings is 2. The summed E-state index contributed by atoms with van der Waals surface area (Å²) in [7, 11) is -3.77. The van der Waals surface area contributed by atoms with Crippen LogP contribution < -0.4 is 10.0 Å². The van der Waals surface area contributed by atoms with E-state index in [1.807, 2.05) is 11.0 Å². The summed E-state index contributed by atoms with van der Waals surface area (Å²) in [5.74, 6) is -0.457. The van der Waals surface area contributed by atoms with E-state index in [1.54, 1.807) is 18.2 Å². The third-order valence-corrected chi connectivity index (χ3v) is 6.75. The number of nitrogens with zero attached hydrogens (tertiary/aromatic N) is 1. The molecule has 2 amide bonds. The molecular formula is C23H27N3O5S. The van der Waals surface area contributed by atoms with Gasteiger partial charge in [-0.15, -0.1) is 0 Å². The molecule has 1 heterocycles. The molecule has 1 aliphatic rings. The number of hydrogen-bond donors (Lipinski definition) is 2. The van der Waals surface area contributed by atoms with Gasteiger partial charge in [0.15, 0.2) is 5.78 Å². The van der Waals surface area contributed by atoms with Crippen LogP contribution >= 0.6 is 0 Å². The van der Waals surface area contributed by atoms with Gasteiger partial charge in [0.2, 0.25) is 15.9 Å². The minimum atomic E-state index is -3.77. The number of sulfonamides is 1. The van der Waals surface area contributed by atoms with Crippen molar-refractivity contribution in [2.75, 3.05) is 19.6 Å². The van der Waals surface area contributed by atoms with Crippen molar-refractivity contribution in [3.63, 3.8) is 0 Å². The number of hydrogen-bond acceptors (Lipinski definition) is 5. The third kappa shape index (κ3) is 6.24. The van der Waals surface area contributed by atoms with Gasteiger partial charge in [0.05, 0.1) is 4.90 Å². The van der Waals surface area contributed by atoms with Crippen molar-refractivity contribution < 1.29 is 22.8 Å². The number of Topliss-reactive ketones (excluding diaryl/α,β-unsaturated/α-hetero) is 1. The normalized spacial score (nSPS) is 13.7. The highest BCUT2D eigenvalue weighted by Crippen LogP contribution is 2.14. The Morgan fingerprint density at radius 1 is 0.969 bits per heavy atom. The molecule has 0 aromatic heterocycles. The highest BCUT2D eigenvalue weighted by Gasteiger charge is 2.19. The lowest BCUT2D eigenvalue weighted by molar-refractivity contribution is -0.121. The maximum atomic E-state index is 12.5. The van der Waals surface area contributed by atoms with Crippen molar-refractivity contribution >= 4 is 27.6 Å². The summed E-state index contributed by atoms with van der Waals surface area (Å²) in [6.45, 7) is 3.14. The van der Waals surface area contributed by atoms with Crippen LogP contribution in [-0.4, -0.2) is 50.5 Å². The molecule has 8 nitrogen and oxygen atoms in total. The maximum absolute atomic E-state index is 12.5. The number of nitrogens with one attached hydrogen (secondary N) is 2. The van der Waals surface area contributed by atoms with Crippen LogP contribution in [0.3, 0.4) is 0 Å². The van der Waals surface area contributed by atoms with E-state index in [9.17, 15) is 22.8 Å². The molecule has 32 heavy (non-hydrogen) atoms. The average molecular weight is 458 g/mol. The average Bonchev–Trinajstić information content (AvgIpc) is 3.32. The van der Waals surface area contributed by atoms with E-state index in [0.29, 0.717) is 11.1 Å². The summed E-state index contributed by atoms with van der Waals surface area (Å²) in [5.41, 5.74) is 1.83. The van der Waals surface area contributed by atoms with Gasteiger partial charge in [-0.2, -0.15) is 0 Å². The first-order valence-electron chi connectivity index (χ1n) is 10.5. The fourth-order valence-corrected chi connectivity index (χ4v) is 4.49. The first kappa shape index (κ1) is 23.6. The highest BCUT2D eigenvalue weighted by molar-refractivity contribution is 7.89. The number of ketones is 1. The number of likely N-dealkylation sites (tertiary alicyclic amines) is 1. The second kappa shape index (κ2) is 10.5. The molecule has 1 saturated heterocycles. The predicted octanol–water partition coefficient (Wildman–Crippen LogP) is 2.11. The van der Waals surface area contributed by atoms with Crippen molar-refractivity contribution in [3.05, 3.63) is 65.2 Å². The molecule has 0 unspecified atom stereocenters. The van der Waals surface area contributed by atoms with E-state index in [2.05, 4.69) is 10.0 Å². The molecule has 2 N–H and O–H groups in total. The van der Waals surface area contributed by atoms with Crippen LogP contribution in [0.1, 0.15) is 52.5 Å². The Labute approximate surface area is 188 Å². The van der Waals surface area contributed by atoms with Gasteiger partial charge in [0.25, 0.3) is 5.91 Å². The quantitative estimate of drug-likeness (QED) is 0.560. The van der Waals surface area contributed by atoms with Crippen LogP contribution in [0.25, 0.3) is 0 Å². The summed E-state index contributed by atoms with van der Waals surface area (Å²) in [6, 6.07) is 12.8. The van der Waals surface area contributed by atoms with Crippen LogP contribution in [0.2, 0.25) is 0 Å². The number of carbonyl (C=O) groups is 3. The Balaban J connectivity index is 1.46. The van der Waals surface area contributed by atoms with E-state index in [-0.39, 0.29) is 42.0 Å². The Kier molecular flexibility index (Phi) is 7.76. The fourth-order valence-electron chi connectivity index (χ4n) is 3.46. The second-order valence-electron chi connectivity index (χ2n) is 7.70. The first-order valence-corrected chi connectivity index (χ1v) is 12.0. The van der Waals surface area contributed by atoms with Gasteiger partial charge in [0, 0.05) is 43.7 Å². The zero-order valence-corrected chi connectivity index (χ0v) is 18.8. The largest absolute Gasteiger partial charge is 0.352 e. The molecule has 3 rings (SSSR count). The van der Waals surface area contributed by atoms with Crippen LogP contribution in [0.15, 0.2) is 53.4 Å². The van der Waals surface area contributed by atoms with Gasteiger partial charge < -0.3 is 10.2 Å². The third-order valence-electron chi connectivity index (χ3n) is 5.27. The molecular weight excluding hydrogens is 430 g/mol. The monoisotopic (exact) mass is 457 g/mol. The van der Waals surface area contributed by atoms with Crippen LogP contribution in [0.5, 0.6) is 0 Å². The molecule has 0 saturated carbocycles. The molecule has 0 aliphatic carbocycles. The molecule has 0 radical (unpaired) electrons. The topological polar surface area (TPSA) is 113 Å². The van der Waals surface area contributed by atoms with Gasteiger partial charge >= 0.3 is 0 Å². The lowest BCUT2D eigenvalue weighted by Crippen LogP contribution is -2.30. The lowest BCUT2D eigenvalue weighted by Gasteiger charge is -2.15. The Bertz CT molecular complexity index is 1090. The molecule has 1 fully saturated rings. The molecule has 1 aliphatic heterocycles. The van der Waals surface area contributed by atoms with E-state index < -0.39 is 10.0 Å². The van der Waals surface area contributed by atoms with Gasteiger partial charge in [-0.25, -0.2) is 13.1 Å². The van der Waals surface area contributed by atoms with Gasteiger partial charge in [-0.3, -0.25) is 14.4 Å². The summed E-state index contributed by atoms with van der Waals surface area (Å²) < 4.78 is 27.0. The number of rotatable bonds is 9. The van der Waals surface area contributed by atoms with E-state index in [1.165, 1.54) is 31.2 Å². The molecule has 0 spiro atoms. The number of amides is 2. The standard InChI is InChI=1S/C23H27N3O5S/c1-17(27)19-7-9-21(10-8-19)32(30,31)25-12-11-22(28)24-16-18-5-4-6-20(15-18)23(29)26-13-2-3-14-26/h4-10,15,25H,2-3,11-14,16H2,1H3,(H,24,28). The first-order chi connectivity index (χ1) is 15.3. The van der Waals surface area contributed by atoms with E-state index in [4.69, 9.17) is 0 Å². The lowest BCUT2D eigenvalue weighted by atomic mass is 10.1. The molecule has 0 atom stereocenters. The molecule has 170 valence electrons. The maximum Gasteiger partial charge on any atom is 0.253 e. The van der Waals surface area contributed by atoms with Crippen LogP contribution in [0.4, 0.5) is 0 Å². The predicted molar refractivity (Wildman–Crippen MR) is 120 cm³/mol. The zero-order chi connectivity index (χ0) is 23.1. The zero-order valence-electron chi connectivity index (χ0n) is 18.0. The van der Waals surface area contributed by atoms with Gasteiger partial charge in [-0.05, 0) is 49.6 Å². The molecule has 0 bridgehead atoms. The Morgan fingerprint density at radius 3 is 2.31 bits per heavy atom. The minimum Gasteiger partial charge on any atom is -0.352 e. The van der Waals surface area contributed by atoms with Crippen molar-refractivity contribution in [2.24, 2.45) is 0 Å². The minimum absolute atomic E-state index is 0.00131. The van der Waals surface area contributed by atoms with Crippen LogP contribution in [-0.2, 0) is 21.4 Å². The highest BCUT2D eigenvalue weighted by atomic mass is 32.2. The van der Waals surface area contributed by atoms with Gasteiger partial charge in [-0.1, -0.05) is 24.3 Å². The summed E-state index contributed by atoms with van der Waals surface area (Å²) >= 11 is 0. The van der Waals surface area contributed by atoms with Crippen molar-refractivity contribution in [2.45, 2.75) is 37.6 Å². The Hall–Kier alpha value is -3.04. The fraction of sp³-hybridized carbons (Fsp3) is 0.348. The van der Waals surface area contributed by atoms with Crippen LogP contribution in [0, 0.1) is 0 Å². The summed E-state index contributed by atoms with van der Waals surface area (Å²) in [6.07, 6.45) is 2.01. The van der Waals surface area contributed by atoms with Gasteiger partial charge in [0.1, 0.15) is 0 Å².